The monoisotopic (exact) mass is 361 g/mol. The van der Waals surface area contributed by atoms with Crippen molar-refractivity contribution >= 4 is 17.5 Å². The minimum absolute atomic E-state index is 0.0317. The van der Waals surface area contributed by atoms with E-state index in [1.807, 2.05) is 0 Å². The van der Waals surface area contributed by atoms with E-state index in [-0.39, 0.29) is 23.0 Å². The van der Waals surface area contributed by atoms with Gasteiger partial charge in [0.1, 0.15) is 17.6 Å². The Hall–Kier alpha value is -2.93. The first-order chi connectivity index (χ1) is 11.9. The molecule has 0 saturated heterocycles. The third kappa shape index (κ3) is 3.77. The van der Waals surface area contributed by atoms with Crippen LogP contribution in [0.4, 0.5) is 4.39 Å². The number of aromatic nitrogens is 2. The van der Waals surface area contributed by atoms with Crippen molar-refractivity contribution < 1.29 is 18.8 Å². The number of phenols is 1. The number of carbonyl (C=O) groups is 1. The van der Waals surface area contributed by atoms with E-state index in [0.29, 0.717) is 10.6 Å². The van der Waals surface area contributed by atoms with Gasteiger partial charge < -0.3 is 14.9 Å². The molecule has 2 N–H and O–H groups in total. The number of amides is 1. The summed E-state index contributed by atoms with van der Waals surface area (Å²) >= 11 is 5.84. The number of nitrogens with one attached hydrogen (secondary N) is 1. The summed E-state index contributed by atoms with van der Waals surface area (Å²) in [6.07, 6.45) is 0. The highest BCUT2D eigenvalue weighted by molar-refractivity contribution is 6.31. The van der Waals surface area contributed by atoms with Crippen LogP contribution in [0, 0.1) is 5.82 Å². The minimum atomic E-state index is -0.624. The molecule has 0 aliphatic rings. The molecular formula is C17H13ClFN3O3. The summed E-state index contributed by atoms with van der Waals surface area (Å²) in [7, 11) is 0. The third-order valence-corrected chi connectivity index (χ3v) is 3.68. The normalized spacial score (nSPS) is 12.0. The topological polar surface area (TPSA) is 88.2 Å². The molecule has 8 heteroatoms. The lowest BCUT2D eigenvalue weighted by Gasteiger charge is -2.10. The fourth-order valence-corrected chi connectivity index (χ4v) is 2.35. The second-order valence-corrected chi connectivity index (χ2v) is 5.76. The van der Waals surface area contributed by atoms with Crippen molar-refractivity contribution in [1.82, 2.24) is 15.5 Å². The third-order valence-electron chi connectivity index (χ3n) is 3.45. The Kier molecular flexibility index (Phi) is 4.67. The smallest absolute Gasteiger partial charge is 0.255 e. The molecule has 1 amide bonds. The van der Waals surface area contributed by atoms with Crippen molar-refractivity contribution in [3.63, 3.8) is 0 Å². The van der Waals surface area contributed by atoms with Crippen molar-refractivity contribution in [3.8, 4) is 17.1 Å². The maximum absolute atomic E-state index is 13.3. The first-order valence-corrected chi connectivity index (χ1v) is 7.71. The van der Waals surface area contributed by atoms with Crippen LogP contribution in [0.5, 0.6) is 5.75 Å². The van der Waals surface area contributed by atoms with E-state index in [1.54, 1.807) is 13.0 Å². The minimum Gasteiger partial charge on any atom is -0.507 e. The predicted molar refractivity (Wildman–Crippen MR) is 88.7 cm³/mol. The highest BCUT2D eigenvalue weighted by Gasteiger charge is 2.20. The van der Waals surface area contributed by atoms with E-state index in [4.69, 9.17) is 16.1 Å². The molecule has 1 heterocycles. The lowest BCUT2D eigenvalue weighted by molar-refractivity contribution is 0.0930. The number of rotatable bonds is 4. The molecule has 0 bridgehead atoms. The number of halogens is 2. The first kappa shape index (κ1) is 16.9. The molecule has 0 unspecified atom stereocenters. The van der Waals surface area contributed by atoms with Gasteiger partial charge in [0.25, 0.3) is 5.91 Å². The number of phenolic OH excluding ortho intramolecular Hbond substituents is 1. The molecule has 0 aliphatic heterocycles. The first-order valence-electron chi connectivity index (χ1n) is 7.33. The largest absolute Gasteiger partial charge is 0.507 e. The van der Waals surface area contributed by atoms with Gasteiger partial charge in [-0.1, -0.05) is 28.9 Å². The summed E-state index contributed by atoms with van der Waals surface area (Å²) in [4.78, 5) is 16.4. The molecule has 1 aromatic heterocycles. The Morgan fingerprint density at radius 3 is 2.88 bits per heavy atom. The van der Waals surface area contributed by atoms with Crippen LogP contribution in [0.3, 0.4) is 0 Å². The number of hydrogen-bond acceptors (Lipinski definition) is 5. The Balaban J connectivity index is 1.77. The van der Waals surface area contributed by atoms with Crippen LogP contribution < -0.4 is 5.32 Å². The average molecular weight is 362 g/mol. The van der Waals surface area contributed by atoms with Crippen LogP contribution in [0.1, 0.15) is 29.2 Å². The fourth-order valence-electron chi connectivity index (χ4n) is 2.18. The molecule has 3 aromatic rings. The van der Waals surface area contributed by atoms with Gasteiger partial charge in [0, 0.05) is 10.6 Å². The van der Waals surface area contributed by atoms with Gasteiger partial charge >= 0.3 is 0 Å². The number of nitrogens with zero attached hydrogens (tertiary/aromatic N) is 2. The van der Waals surface area contributed by atoms with Gasteiger partial charge in [0.05, 0.1) is 5.56 Å². The Morgan fingerprint density at radius 1 is 1.32 bits per heavy atom. The Morgan fingerprint density at radius 2 is 2.12 bits per heavy atom. The summed E-state index contributed by atoms with van der Waals surface area (Å²) in [5, 5.41) is 16.5. The molecule has 0 fully saturated rings. The molecule has 3 rings (SSSR count). The Bertz CT molecular complexity index is 929. The standard InChI is InChI=1S/C17H13ClFN3O3/c1-9(20-16(24)13-8-11(18)5-6-14(13)23)17-21-15(22-25-17)10-3-2-4-12(19)7-10/h2-9,23H,1H3,(H,20,24)/t9-/m0/s1. The summed E-state index contributed by atoms with van der Waals surface area (Å²) in [5.74, 6) is -0.796. The quantitative estimate of drug-likeness (QED) is 0.739. The van der Waals surface area contributed by atoms with E-state index in [2.05, 4.69) is 15.5 Å². The van der Waals surface area contributed by atoms with Crippen LogP contribution in [0.15, 0.2) is 47.0 Å². The zero-order valence-corrected chi connectivity index (χ0v) is 13.8. The molecule has 2 aromatic carbocycles. The van der Waals surface area contributed by atoms with Gasteiger partial charge in [-0.25, -0.2) is 4.39 Å². The maximum atomic E-state index is 13.3. The van der Waals surface area contributed by atoms with Gasteiger partial charge in [0.15, 0.2) is 0 Å². The van der Waals surface area contributed by atoms with E-state index in [1.165, 1.54) is 36.4 Å². The summed E-state index contributed by atoms with van der Waals surface area (Å²) in [6, 6.07) is 9.30. The second kappa shape index (κ2) is 6.90. The molecule has 128 valence electrons. The SMILES string of the molecule is C[C@H](NC(=O)c1cc(Cl)ccc1O)c1nc(-c2cccc(F)c2)no1. The molecule has 25 heavy (non-hydrogen) atoms. The fraction of sp³-hybridized carbons (Fsp3) is 0.118. The Labute approximate surface area is 147 Å². The second-order valence-electron chi connectivity index (χ2n) is 5.32. The molecule has 0 aliphatic carbocycles. The zero-order valence-electron chi connectivity index (χ0n) is 13.0. The van der Waals surface area contributed by atoms with Gasteiger partial charge in [0.2, 0.25) is 11.7 Å². The number of carbonyl (C=O) groups excluding carboxylic acids is 1. The molecule has 0 saturated carbocycles. The number of aromatic hydroxyl groups is 1. The molecule has 6 nitrogen and oxygen atoms in total. The van der Waals surface area contributed by atoms with Gasteiger partial charge in [-0.2, -0.15) is 4.98 Å². The van der Waals surface area contributed by atoms with Crippen molar-refractivity contribution in [1.29, 1.82) is 0 Å². The van der Waals surface area contributed by atoms with Crippen molar-refractivity contribution in [2.24, 2.45) is 0 Å². The van der Waals surface area contributed by atoms with Gasteiger partial charge in [-0.3, -0.25) is 4.79 Å². The molecule has 0 spiro atoms. The van der Waals surface area contributed by atoms with Crippen LogP contribution >= 0.6 is 11.6 Å². The van der Waals surface area contributed by atoms with Gasteiger partial charge in [-0.15, -0.1) is 0 Å². The van der Waals surface area contributed by atoms with Crippen molar-refractivity contribution in [3.05, 3.63) is 64.8 Å². The van der Waals surface area contributed by atoms with Crippen LogP contribution in [0.25, 0.3) is 11.4 Å². The van der Waals surface area contributed by atoms with Crippen LogP contribution in [-0.2, 0) is 0 Å². The highest BCUT2D eigenvalue weighted by atomic mass is 35.5. The number of hydrogen-bond donors (Lipinski definition) is 2. The van der Waals surface area contributed by atoms with Gasteiger partial charge in [-0.05, 0) is 37.3 Å². The lowest BCUT2D eigenvalue weighted by Crippen LogP contribution is -2.26. The summed E-state index contributed by atoms with van der Waals surface area (Å²) in [5.41, 5.74) is 0.491. The maximum Gasteiger partial charge on any atom is 0.255 e. The zero-order chi connectivity index (χ0) is 18.0. The van der Waals surface area contributed by atoms with Crippen molar-refractivity contribution in [2.75, 3.05) is 0 Å². The van der Waals surface area contributed by atoms with E-state index < -0.39 is 17.8 Å². The summed E-state index contributed by atoms with van der Waals surface area (Å²) < 4.78 is 18.4. The van der Waals surface area contributed by atoms with E-state index in [0.717, 1.165) is 0 Å². The van der Waals surface area contributed by atoms with Crippen LogP contribution in [0.2, 0.25) is 5.02 Å². The number of benzene rings is 2. The molecular weight excluding hydrogens is 349 g/mol. The van der Waals surface area contributed by atoms with E-state index in [9.17, 15) is 14.3 Å². The summed E-state index contributed by atoms with van der Waals surface area (Å²) in [6.45, 7) is 1.64. The van der Waals surface area contributed by atoms with Crippen LogP contribution in [-0.4, -0.2) is 21.2 Å². The average Bonchev–Trinajstić information content (AvgIpc) is 3.07. The predicted octanol–water partition coefficient (Wildman–Crippen LogP) is 3.73. The highest BCUT2D eigenvalue weighted by Crippen LogP contribution is 2.23. The lowest BCUT2D eigenvalue weighted by atomic mass is 10.1. The molecule has 0 radical (unpaired) electrons. The van der Waals surface area contributed by atoms with E-state index >= 15 is 0 Å². The van der Waals surface area contributed by atoms with Crippen molar-refractivity contribution in [2.45, 2.75) is 13.0 Å². The molecule has 1 atom stereocenters.